The number of aryl methyl sites for hydroxylation is 1. The SMILES string of the molecule is CN=C(NCc1nnc2n1CCCCC2)NCC1(c2ccccc2)CCC1.I. The highest BCUT2D eigenvalue weighted by molar-refractivity contribution is 14.0. The predicted octanol–water partition coefficient (Wildman–Crippen LogP) is 3.41. The van der Waals surface area contributed by atoms with E-state index in [0.717, 1.165) is 37.1 Å². The highest BCUT2D eigenvalue weighted by atomic mass is 127. The van der Waals surface area contributed by atoms with Gasteiger partial charge in [0.2, 0.25) is 0 Å². The molecule has 1 aromatic carbocycles. The number of halogens is 1. The third-order valence-corrected chi connectivity index (χ3v) is 6.11. The van der Waals surface area contributed by atoms with Crippen LogP contribution in [0.5, 0.6) is 0 Å². The van der Waals surface area contributed by atoms with Gasteiger partial charge in [0.1, 0.15) is 5.82 Å². The van der Waals surface area contributed by atoms with Crippen LogP contribution in [0.2, 0.25) is 0 Å². The Balaban J connectivity index is 0.00000225. The highest BCUT2D eigenvalue weighted by Crippen LogP contribution is 2.43. The lowest BCUT2D eigenvalue weighted by atomic mass is 9.64. The number of hydrogen-bond acceptors (Lipinski definition) is 3. The molecule has 1 aliphatic carbocycles. The average molecular weight is 494 g/mol. The number of nitrogens with one attached hydrogen (secondary N) is 2. The van der Waals surface area contributed by atoms with Crippen molar-refractivity contribution in [2.24, 2.45) is 4.99 Å². The summed E-state index contributed by atoms with van der Waals surface area (Å²) in [4.78, 5) is 4.41. The van der Waals surface area contributed by atoms with Crippen molar-refractivity contribution < 1.29 is 0 Å². The molecule has 152 valence electrons. The fraction of sp³-hybridized carbons (Fsp3) is 0.571. The predicted molar refractivity (Wildman–Crippen MR) is 123 cm³/mol. The third-order valence-electron chi connectivity index (χ3n) is 6.11. The maximum atomic E-state index is 4.41. The van der Waals surface area contributed by atoms with Crippen LogP contribution in [-0.4, -0.2) is 34.3 Å². The van der Waals surface area contributed by atoms with Crippen LogP contribution in [0.15, 0.2) is 35.3 Å². The summed E-state index contributed by atoms with van der Waals surface area (Å²) in [7, 11) is 1.83. The van der Waals surface area contributed by atoms with E-state index in [4.69, 9.17) is 0 Å². The summed E-state index contributed by atoms with van der Waals surface area (Å²) in [6.07, 6.45) is 8.52. The Labute approximate surface area is 184 Å². The molecule has 0 spiro atoms. The molecular weight excluding hydrogens is 463 g/mol. The molecule has 1 aromatic heterocycles. The zero-order chi connectivity index (χ0) is 18.5. The summed E-state index contributed by atoms with van der Waals surface area (Å²) in [5.74, 6) is 2.98. The topological polar surface area (TPSA) is 67.1 Å². The van der Waals surface area contributed by atoms with Crippen LogP contribution in [0.1, 0.15) is 55.7 Å². The van der Waals surface area contributed by atoms with Crippen molar-refractivity contribution in [1.82, 2.24) is 25.4 Å². The number of benzene rings is 1. The third kappa shape index (κ3) is 4.50. The van der Waals surface area contributed by atoms with Gasteiger partial charge in [-0.1, -0.05) is 43.2 Å². The molecule has 28 heavy (non-hydrogen) atoms. The Bertz CT molecular complexity index is 781. The van der Waals surface area contributed by atoms with E-state index in [9.17, 15) is 0 Å². The summed E-state index contributed by atoms with van der Waals surface area (Å²) < 4.78 is 2.28. The summed E-state index contributed by atoms with van der Waals surface area (Å²) in [5.41, 5.74) is 1.67. The number of fused-ring (bicyclic) bond motifs is 1. The van der Waals surface area contributed by atoms with Crippen molar-refractivity contribution in [2.45, 2.75) is 63.5 Å². The van der Waals surface area contributed by atoms with Gasteiger partial charge in [0.25, 0.3) is 0 Å². The van der Waals surface area contributed by atoms with Crippen molar-refractivity contribution in [3.05, 3.63) is 47.5 Å². The molecule has 0 radical (unpaired) electrons. The van der Waals surface area contributed by atoms with Gasteiger partial charge in [-0.15, -0.1) is 34.2 Å². The monoisotopic (exact) mass is 494 g/mol. The fourth-order valence-corrected chi connectivity index (χ4v) is 4.28. The Morgan fingerprint density at radius 3 is 2.61 bits per heavy atom. The van der Waals surface area contributed by atoms with E-state index in [1.54, 1.807) is 0 Å². The first-order valence-electron chi connectivity index (χ1n) is 10.2. The largest absolute Gasteiger partial charge is 0.356 e. The first-order valence-corrected chi connectivity index (χ1v) is 10.2. The zero-order valence-corrected chi connectivity index (χ0v) is 19.0. The molecule has 6 nitrogen and oxygen atoms in total. The summed E-state index contributed by atoms with van der Waals surface area (Å²) >= 11 is 0. The molecule has 0 saturated heterocycles. The summed E-state index contributed by atoms with van der Waals surface area (Å²) in [6, 6.07) is 10.9. The molecule has 2 N–H and O–H groups in total. The fourth-order valence-electron chi connectivity index (χ4n) is 4.28. The minimum atomic E-state index is 0. The standard InChI is InChI=1S/C21H30N6.HI/c1-22-20(23-15-19-26-25-18-11-6-3-7-14-27(18)19)24-16-21(12-8-13-21)17-9-4-2-5-10-17;/h2,4-5,9-10H,3,6-8,11-16H2,1H3,(H2,22,23,24);1H. The Morgan fingerprint density at radius 1 is 1.07 bits per heavy atom. The van der Waals surface area contributed by atoms with Crippen LogP contribution < -0.4 is 10.6 Å². The number of hydrogen-bond donors (Lipinski definition) is 2. The van der Waals surface area contributed by atoms with Gasteiger partial charge in [0, 0.05) is 32.0 Å². The Morgan fingerprint density at radius 2 is 1.89 bits per heavy atom. The van der Waals surface area contributed by atoms with E-state index >= 15 is 0 Å². The summed E-state index contributed by atoms with van der Waals surface area (Å²) in [6.45, 7) is 2.60. The van der Waals surface area contributed by atoms with E-state index in [0.29, 0.717) is 6.54 Å². The van der Waals surface area contributed by atoms with E-state index in [1.165, 1.54) is 44.1 Å². The minimum absolute atomic E-state index is 0. The molecular formula is C21H31IN6. The number of aromatic nitrogens is 3. The van der Waals surface area contributed by atoms with Gasteiger partial charge in [-0.3, -0.25) is 4.99 Å². The first-order chi connectivity index (χ1) is 13.3. The molecule has 0 bridgehead atoms. The lowest BCUT2D eigenvalue weighted by molar-refractivity contribution is 0.244. The smallest absolute Gasteiger partial charge is 0.191 e. The van der Waals surface area contributed by atoms with Crippen molar-refractivity contribution in [3.8, 4) is 0 Å². The van der Waals surface area contributed by atoms with Crippen LogP contribution >= 0.6 is 24.0 Å². The number of guanidine groups is 1. The molecule has 2 aromatic rings. The molecule has 0 amide bonds. The molecule has 1 fully saturated rings. The molecule has 0 atom stereocenters. The second kappa shape index (κ2) is 9.71. The van der Waals surface area contributed by atoms with Crippen molar-refractivity contribution in [1.29, 1.82) is 0 Å². The van der Waals surface area contributed by atoms with Crippen molar-refractivity contribution >= 4 is 29.9 Å². The van der Waals surface area contributed by atoms with E-state index in [2.05, 4.69) is 60.7 Å². The van der Waals surface area contributed by atoms with Crippen LogP contribution in [0.25, 0.3) is 0 Å². The zero-order valence-electron chi connectivity index (χ0n) is 16.7. The van der Waals surface area contributed by atoms with Gasteiger partial charge < -0.3 is 15.2 Å². The number of aliphatic imine (C=N–C) groups is 1. The molecule has 1 saturated carbocycles. The van der Waals surface area contributed by atoms with Crippen LogP contribution in [0.4, 0.5) is 0 Å². The van der Waals surface area contributed by atoms with Crippen LogP contribution in [0.3, 0.4) is 0 Å². The summed E-state index contributed by atoms with van der Waals surface area (Å²) in [5, 5.41) is 15.8. The molecule has 2 aliphatic rings. The maximum absolute atomic E-state index is 4.41. The molecule has 1 aliphatic heterocycles. The van der Waals surface area contributed by atoms with Gasteiger partial charge in [0.05, 0.1) is 6.54 Å². The van der Waals surface area contributed by atoms with Crippen LogP contribution in [-0.2, 0) is 24.9 Å². The van der Waals surface area contributed by atoms with Crippen molar-refractivity contribution in [3.63, 3.8) is 0 Å². The van der Waals surface area contributed by atoms with E-state index < -0.39 is 0 Å². The van der Waals surface area contributed by atoms with Crippen molar-refractivity contribution in [2.75, 3.05) is 13.6 Å². The first kappa shape index (κ1) is 21.1. The van der Waals surface area contributed by atoms with Crippen LogP contribution in [0, 0.1) is 0 Å². The molecule has 7 heteroatoms. The molecule has 2 heterocycles. The Kier molecular flexibility index (Phi) is 7.31. The number of rotatable bonds is 5. The molecule has 4 rings (SSSR count). The normalized spacial score (nSPS) is 18.2. The minimum Gasteiger partial charge on any atom is -0.356 e. The second-order valence-corrected chi connectivity index (χ2v) is 7.77. The lowest BCUT2D eigenvalue weighted by Crippen LogP contribution is -2.48. The maximum Gasteiger partial charge on any atom is 0.191 e. The second-order valence-electron chi connectivity index (χ2n) is 7.77. The number of nitrogens with zero attached hydrogens (tertiary/aromatic N) is 4. The Hall–Kier alpha value is -1.64. The van der Waals surface area contributed by atoms with Gasteiger partial charge >= 0.3 is 0 Å². The van der Waals surface area contributed by atoms with Gasteiger partial charge in [-0.05, 0) is 31.2 Å². The average Bonchev–Trinajstić information content (AvgIpc) is 2.90. The van der Waals surface area contributed by atoms with E-state index in [-0.39, 0.29) is 29.4 Å². The highest BCUT2D eigenvalue weighted by Gasteiger charge is 2.38. The lowest BCUT2D eigenvalue weighted by Gasteiger charge is -2.43. The van der Waals surface area contributed by atoms with Gasteiger partial charge in [-0.2, -0.15) is 0 Å². The molecule has 0 unspecified atom stereocenters. The quantitative estimate of drug-likeness (QED) is 0.380. The van der Waals surface area contributed by atoms with Gasteiger partial charge in [-0.25, -0.2) is 0 Å². The van der Waals surface area contributed by atoms with Gasteiger partial charge in [0.15, 0.2) is 11.8 Å². The van der Waals surface area contributed by atoms with E-state index in [1.807, 2.05) is 7.05 Å².